The molecule has 1 heterocycles. The smallest absolute Gasteiger partial charge is 0.227 e. The third-order valence-corrected chi connectivity index (χ3v) is 4.82. The Kier molecular flexibility index (Phi) is 4.62. The number of carbonyl (C=O) groups is 1. The second-order valence-corrected chi connectivity index (χ2v) is 5.92. The summed E-state index contributed by atoms with van der Waals surface area (Å²) in [4.78, 5) is 12.3. The standard InChI is InChI=1S/C14H26N2O2/c1-9-5-4-6-12(10(9)2)16-14(17)11-7-18-8-13(11)15-3/h9-13,15H,4-8H2,1-3H3,(H,16,17). The summed E-state index contributed by atoms with van der Waals surface area (Å²) < 4.78 is 5.40. The monoisotopic (exact) mass is 254 g/mol. The highest BCUT2D eigenvalue weighted by atomic mass is 16.5. The Morgan fingerprint density at radius 1 is 1.17 bits per heavy atom. The van der Waals surface area contributed by atoms with E-state index in [1.807, 2.05) is 7.05 Å². The van der Waals surface area contributed by atoms with E-state index in [4.69, 9.17) is 4.74 Å². The van der Waals surface area contributed by atoms with E-state index in [-0.39, 0.29) is 17.9 Å². The number of amides is 1. The van der Waals surface area contributed by atoms with E-state index in [2.05, 4.69) is 24.5 Å². The molecule has 5 atom stereocenters. The summed E-state index contributed by atoms with van der Waals surface area (Å²) in [5.41, 5.74) is 0. The van der Waals surface area contributed by atoms with Crippen LogP contribution in [0.3, 0.4) is 0 Å². The van der Waals surface area contributed by atoms with Gasteiger partial charge in [0.25, 0.3) is 0 Å². The van der Waals surface area contributed by atoms with Crippen LogP contribution in [0, 0.1) is 17.8 Å². The lowest BCUT2D eigenvalue weighted by atomic mass is 9.78. The SMILES string of the molecule is CNC1COCC1C(=O)NC1CCCC(C)C1C. The maximum absolute atomic E-state index is 12.3. The van der Waals surface area contributed by atoms with Crippen molar-refractivity contribution in [2.24, 2.45) is 17.8 Å². The van der Waals surface area contributed by atoms with Gasteiger partial charge in [-0.15, -0.1) is 0 Å². The summed E-state index contributed by atoms with van der Waals surface area (Å²) in [7, 11) is 1.89. The molecule has 4 nitrogen and oxygen atoms in total. The van der Waals surface area contributed by atoms with E-state index >= 15 is 0 Å². The van der Waals surface area contributed by atoms with Crippen LogP contribution in [0.15, 0.2) is 0 Å². The average molecular weight is 254 g/mol. The van der Waals surface area contributed by atoms with Crippen molar-refractivity contribution in [1.82, 2.24) is 10.6 Å². The van der Waals surface area contributed by atoms with Gasteiger partial charge in [-0.25, -0.2) is 0 Å². The Balaban J connectivity index is 1.90. The van der Waals surface area contributed by atoms with Gasteiger partial charge in [0, 0.05) is 12.1 Å². The number of likely N-dealkylation sites (N-methyl/N-ethyl adjacent to an activating group) is 1. The highest BCUT2D eigenvalue weighted by Gasteiger charge is 2.35. The van der Waals surface area contributed by atoms with Crippen LogP contribution in [-0.4, -0.2) is 38.3 Å². The first kappa shape index (κ1) is 13.8. The van der Waals surface area contributed by atoms with E-state index in [0.717, 1.165) is 6.42 Å². The Labute approximate surface area is 110 Å². The summed E-state index contributed by atoms with van der Waals surface area (Å²) in [6, 6.07) is 0.515. The van der Waals surface area contributed by atoms with Crippen molar-refractivity contribution in [2.75, 3.05) is 20.3 Å². The zero-order valence-corrected chi connectivity index (χ0v) is 11.7. The van der Waals surface area contributed by atoms with E-state index in [1.54, 1.807) is 0 Å². The highest BCUT2D eigenvalue weighted by Crippen LogP contribution is 2.29. The quantitative estimate of drug-likeness (QED) is 0.794. The largest absolute Gasteiger partial charge is 0.379 e. The normalized spacial score (nSPS) is 40.7. The number of hydrogen-bond acceptors (Lipinski definition) is 3. The zero-order valence-electron chi connectivity index (χ0n) is 11.7. The molecule has 5 unspecified atom stereocenters. The van der Waals surface area contributed by atoms with E-state index in [0.29, 0.717) is 31.1 Å². The average Bonchev–Trinajstić information content (AvgIpc) is 2.83. The molecule has 104 valence electrons. The van der Waals surface area contributed by atoms with Gasteiger partial charge in [0.2, 0.25) is 5.91 Å². The first-order valence-electron chi connectivity index (χ1n) is 7.19. The van der Waals surface area contributed by atoms with Crippen LogP contribution in [0.4, 0.5) is 0 Å². The van der Waals surface area contributed by atoms with Gasteiger partial charge in [0.05, 0.1) is 19.1 Å². The molecule has 18 heavy (non-hydrogen) atoms. The van der Waals surface area contributed by atoms with Gasteiger partial charge in [-0.05, 0) is 25.3 Å². The molecule has 2 N–H and O–H groups in total. The lowest BCUT2D eigenvalue weighted by Crippen LogP contribution is -2.49. The predicted molar refractivity (Wildman–Crippen MR) is 71.3 cm³/mol. The van der Waals surface area contributed by atoms with Crippen LogP contribution >= 0.6 is 0 Å². The van der Waals surface area contributed by atoms with Gasteiger partial charge < -0.3 is 15.4 Å². The van der Waals surface area contributed by atoms with Crippen LogP contribution in [0.1, 0.15) is 33.1 Å². The molecule has 1 amide bonds. The summed E-state index contributed by atoms with van der Waals surface area (Å²) in [6.45, 7) is 5.74. The second kappa shape index (κ2) is 6.02. The van der Waals surface area contributed by atoms with Crippen molar-refractivity contribution >= 4 is 5.91 Å². The molecule has 1 saturated heterocycles. The van der Waals surface area contributed by atoms with Crippen LogP contribution in [0.5, 0.6) is 0 Å². The van der Waals surface area contributed by atoms with Gasteiger partial charge in [0.1, 0.15) is 0 Å². The van der Waals surface area contributed by atoms with Crippen molar-refractivity contribution in [3.05, 3.63) is 0 Å². The molecule has 0 radical (unpaired) electrons. The van der Waals surface area contributed by atoms with Gasteiger partial charge in [-0.1, -0.05) is 26.7 Å². The number of nitrogens with one attached hydrogen (secondary N) is 2. The lowest BCUT2D eigenvalue weighted by Gasteiger charge is -2.35. The summed E-state index contributed by atoms with van der Waals surface area (Å²) in [5, 5.41) is 6.41. The van der Waals surface area contributed by atoms with Crippen LogP contribution in [0.25, 0.3) is 0 Å². The summed E-state index contributed by atoms with van der Waals surface area (Å²) >= 11 is 0. The van der Waals surface area contributed by atoms with Gasteiger partial charge in [-0.2, -0.15) is 0 Å². The molecule has 0 aromatic heterocycles. The third-order valence-electron chi connectivity index (χ3n) is 4.82. The number of hydrogen-bond donors (Lipinski definition) is 2. The summed E-state index contributed by atoms with van der Waals surface area (Å²) in [5.74, 6) is 1.43. The maximum atomic E-state index is 12.3. The molecule has 0 spiro atoms. The van der Waals surface area contributed by atoms with Crippen molar-refractivity contribution in [3.63, 3.8) is 0 Å². The highest BCUT2D eigenvalue weighted by molar-refractivity contribution is 5.80. The molecule has 2 aliphatic rings. The molecular weight excluding hydrogens is 228 g/mol. The van der Waals surface area contributed by atoms with Crippen molar-refractivity contribution < 1.29 is 9.53 Å². The molecule has 1 saturated carbocycles. The van der Waals surface area contributed by atoms with E-state index in [9.17, 15) is 4.79 Å². The lowest BCUT2D eigenvalue weighted by molar-refractivity contribution is -0.126. The zero-order chi connectivity index (χ0) is 13.1. The fourth-order valence-electron chi connectivity index (χ4n) is 3.17. The molecule has 1 aliphatic heterocycles. The van der Waals surface area contributed by atoms with Crippen molar-refractivity contribution in [2.45, 2.75) is 45.2 Å². The van der Waals surface area contributed by atoms with Crippen LogP contribution in [-0.2, 0) is 9.53 Å². The topological polar surface area (TPSA) is 50.4 Å². The van der Waals surface area contributed by atoms with Crippen LogP contribution < -0.4 is 10.6 Å². The maximum Gasteiger partial charge on any atom is 0.227 e. The number of ether oxygens (including phenoxy) is 1. The first-order valence-corrected chi connectivity index (χ1v) is 7.19. The minimum Gasteiger partial charge on any atom is -0.379 e. The molecule has 0 aromatic rings. The molecule has 0 bridgehead atoms. The predicted octanol–water partition coefficient (Wildman–Crippen LogP) is 1.16. The molecule has 2 fully saturated rings. The first-order chi connectivity index (χ1) is 8.63. The van der Waals surface area contributed by atoms with E-state index < -0.39 is 0 Å². The molecule has 0 aromatic carbocycles. The van der Waals surface area contributed by atoms with Crippen LogP contribution in [0.2, 0.25) is 0 Å². The fraction of sp³-hybridized carbons (Fsp3) is 0.929. The number of carbonyl (C=O) groups excluding carboxylic acids is 1. The molecular formula is C14H26N2O2. The van der Waals surface area contributed by atoms with Gasteiger partial charge >= 0.3 is 0 Å². The Morgan fingerprint density at radius 3 is 2.67 bits per heavy atom. The minimum atomic E-state index is -0.0283. The fourth-order valence-corrected chi connectivity index (χ4v) is 3.17. The minimum absolute atomic E-state index is 0.0283. The molecule has 2 rings (SSSR count). The van der Waals surface area contributed by atoms with Gasteiger partial charge in [-0.3, -0.25) is 4.79 Å². The Morgan fingerprint density at radius 2 is 1.94 bits per heavy atom. The van der Waals surface area contributed by atoms with Crippen molar-refractivity contribution in [3.8, 4) is 0 Å². The Hall–Kier alpha value is -0.610. The van der Waals surface area contributed by atoms with Crippen molar-refractivity contribution in [1.29, 1.82) is 0 Å². The second-order valence-electron chi connectivity index (χ2n) is 5.92. The third kappa shape index (κ3) is 2.86. The van der Waals surface area contributed by atoms with E-state index in [1.165, 1.54) is 12.8 Å². The van der Waals surface area contributed by atoms with Gasteiger partial charge in [0.15, 0.2) is 0 Å². The summed E-state index contributed by atoms with van der Waals surface area (Å²) in [6.07, 6.45) is 3.64. The molecule has 1 aliphatic carbocycles. The number of rotatable bonds is 3. The molecule has 4 heteroatoms. The Bertz CT molecular complexity index is 296.